The van der Waals surface area contributed by atoms with Gasteiger partial charge in [0, 0.05) is 15.8 Å². The van der Waals surface area contributed by atoms with Gasteiger partial charge in [-0.3, -0.25) is 0 Å². The number of rotatable bonds is 3. The normalized spacial score (nSPS) is 12.4. The predicted octanol–water partition coefficient (Wildman–Crippen LogP) is 4.51. The Hall–Kier alpha value is -0.960. The van der Waals surface area contributed by atoms with Gasteiger partial charge < -0.3 is 5.73 Å². The highest BCUT2D eigenvalue weighted by molar-refractivity contribution is 7.99. The average Bonchev–Trinajstić information content (AvgIpc) is 2.33. The van der Waals surface area contributed by atoms with Gasteiger partial charge >= 0.3 is 0 Å². The van der Waals surface area contributed by atoms with Gasteiger partial charge in [-0.05, 0) is 36.8 Å². The maximum absolute atomic E-state index is 6.12. The monoisotopic (exact) mass is 263 g/mol. The van der Waals surface area contributed by atoms with E-state index in [2.05, 4.69) is 24.3 Å². The zero-order valence-corrected chi connectivity index (χ0v) is 11.1. The maximum Gasteiger partial charge on any atom is 0.0545 e. The molecule has 17 heavy (non-hydrogen) atoms. The van der Waals surface area contributed by atoms with Gasteiger partial charge in [-0.2, -0.15) is 0 Å². The van der Waals surface area contributed by atoms with E-state index in [1.54, 1.807) is 11.8 Å². The third kappa shape index (κ3) is 3.25. The Morgan fingerprint density at radius 1 is 1.06 bits per heavy atom. The second kappa shape index (κ2) is 5.58. The van der Waals surface area contributed by atoms with Gasteiger partial charge in [-0.25, -0.2) is 0 Å². The van der Waals surface area contributed by atoms with Crippen LogP contribution in [0.5, 0.6) is 0 Å². The molecule has 0 aliphatic rings. The van der Waals surface area contributed by atoms with Gasteiger partial charge in [0.1, 0.15) is 0 Å². The number of benzene rings is 2. The minimum Gasteiger partial charge on any atom is -0.324 e. The maximum atomic E-state index is 6.12. The van der Waals surface area contributed by atoms with Crippen LogP contribution in [0.25, 0.3) is 0 Å². The first-order valence-corrected chi connectivity index (χ1v) is 6.64. The molecule has 2 aromatic rings. The highest BCUT2D eigenvalue weighted by Crippen LogP contribution is 2.33. The van der Waals surface area contributed by atoms with Gasteiger partial charge in [0.25, 0.3) is 0 Å². The van der Waals surface area contributed by atoms with Crippen molar-refractivity contribution in [3.05, 3.63) is 59.1 Å². The van der Waals surface area contributed by atoms with Gasteiger partial charge in [-0.15, -0.1) is 0 Å². The van der Waals surface area contributed by atoms with Crippen LogP contribution in [0.3, 0.4) is 0 Å². The summed E-state index contributed by atoms with van der Waals surface area (Å²) in [7, 11) is 0. The number of hydrogen-bond donors (Lipinski definition) is 1. The Bertz CT molecular complexity index is 494. The van der Waals surface area contributed by atoms with E-state index in [9.17, 15) is 0 Å². The lowest BCUT2D eigenvalue weighted by atomic mass is 10.1. The number of nitrogens with two attached hydrogens (primary N) is 1. The molecule has 0 heterocycles. The van der Waals surface area contributed by atoms with Gasteiger partial charge in [0.05, 0.1) is 5.02 Å². The summed E-state index contributed by atoms with van der Waals surface area (Å²) in [6, 6.07) is 16.2. The molecular weight excluding hydrogens is 250 g/mol. The van der Waals surface area contributed by atoms with E-state index in [1.807, 2.05) is 31.2 Å². The first-order valence-electron chi connectivity index (χ1n) is 5.45. The first kappa shape index (κ1) is 12.5. The molecule has 2 rings (SSSR count). The van der Waals surface area contributed by atoms with Gasteiger partial charge in [0.2, 0.25) is 0 Å². The highest BCUT2D eigenvalue weighted by atomic mass is 35.5. The van der Waals surface area contributed by atoms with Crippen molar-refractivity contribution >= 4 is 23.4 Å². The molecule has 0 amide bonds. The molecular formula is C14H14ClNS. The van der Waals surface area contributed by atoms with Crippen molar-refractivity contribution in [2.45, 2.75) is 22.8 Å². The smallest absolute Gasteiger partial charge is 0.0545 e. The lowest BCUT2D eigenvalue weighted by Crippen LogP contribution is -2.04. The Balaban J connectivity index is 2.17. The summed E-state index contributed by atoms with van der Waals surface area (Å²) in [5.41, 5.74) is 6.96. The van der Waals surface area contributed by atoms with Crippen LogP contribution in [0.15, 0.2) is 58.3 Å². The summed E-state index contributed by atoms with van der Waals surface area (Å²) in [6.07, 6.45) is 0. The largest absolute Gasteiger partial charge is 0.324 e. The van der Waals surface area contributed by atoms with Crippen LogP contribution in [0.2, 0.25) is 5.02 Å². The van der Waals surface area contributed by atoms with Crippen molar-refractivity contribution in [2.75, 3.05) is 0 Å². The van der Waals surface area contributed by atoms with E-state index < -0.39 is 0 Å². The third-order valence-electron chi connectivity index (χ3n) is 2.47. The molecule has 2 aromatic carbocycles. The Morgan fingerprint density at radius 2 is 1.71 bits per heavy atom. The Kier molecular flexibility index (Phi) is 4.11. The summed E-state index contributed by atoms with van der Waals surface area (Å²) < 4.78 is 0. The molecule has 0 saturated carbocycles. The van der Waals surface area contributed by atoms with Crippen molar-refractivity contribution < 1.29 is 0 Å². The molecule has 1 nitrogen and oxygen atoms in total. The highest BCUT2D eigenvalue weighted by Gasteiger charge is 2.03. The van der Waals surface area contributed by atoms with E-state index in [-0.39, 0.29) is 6.04 Å². The van der Waals surface area contributed by atoms with Crippen LogP contribution in [0, 0.1) is 0 Å². The summed E-state index contributed by atoms with van der Waals surface area (Å²) in [5, 5.41) is 0.786. The number of hydrogen-bond acceptors (Lipinski definition) is 2. The van der Waals surface area contributed by atoms with Gasteiger partial charge in [0.15, 0.2) is 0 Å². The SMILES string of the molecule is C[C@@H](N)c1ccc(Sc2ccccc2Cl)cc1. The molecule has 0 saturated heterocycles. The fourth-order valence-electron chi connectivity index (χ4n) is 1.49. The van der Waals surface area contributed by atoms with Crippen LogP contribution in [-0.4, -0.2) is 0 Å². The molecule has 0 aliphatic heterocycles. The van der Waals surface area contributed by atoms with Crippen molar-refractivity contribution in [2.24, 2.45) is 5.73 Å². The van der Waals surface area contributed by atoms with Crippen molar-refractivity contribution in [1.29, 1.82) is 0 Å². The van der Waals surface area contributed by atoms with E-state index in [4.69, 9.17) is 17.3 Å². The Labute approximate surface area is 111 Å². The summed E-state index contributed by atoms with van der Waals surface area (Å²) >= 11 is 7.78. The van der Waals surface area contributed by atoms with E-state index in [0.717, 1.165) is 15.5 Å². The van der Waals surface area contributed by atoms with E-state index >= 15 is 0 Å². The third-order valence-corrected chi connectivity index (χ3v) is 4.00. The van der Waals surface area contributed by atoms with Crippen molar-refractivity contribution in [3.63, 3.8) is 0 Å². The second-order valence-electron chi connectivity index (χ2n) is 3.89. The zero-order valence-electron chi connectivity index (χ0n) is 9.56. The first-order chi connectivity index (χ1) is 8.16. The lowest BCUT2D eigenvalue weighted by Gasteiger charge is -2.07. The van der Waals surface area contributed by atoms with E-state index in [1.165, 1.54) is 4.90 Å². The second-order valence-corrected chi connectivity index (χ2v) is 5.41. The molecule has 0 fully saturated rings. The van der Waals surface area contributed by atoms with Crippen LogP contribution >= 0.6 is 23.4 Å². The zero-order chi connectivity index (χ0) is 12.3. The lowest BCUT2D eigenvalue weighted by molar-refractivity contribution is 0.817. The van der Waals surface area contributed by atoms with Crippen LogP contribution < -0.4 is 5.73 Å². The minimum atomic E-state index is 0.0781. The molecule has 88 valence electrons. The summed E-state index contributed by atoms with van der Waals surface area (Å²) in [5.74, 6) is 0. The van der Waals surface area contributed by atoms with Crippen LogP contribution in [0.1, 0.15) is 18.5 Å². The van der Waals surface area contributed by atoms with Crippen LogP contribution in [-0.2, 0) is 0 Å². The summed E-state index contributed by atoms with van der Waals surface area (Å²) in [4.78, 5) is 2.24. The molecule has 1 atom stereocenters. The standard InChI is InChI=1S/C14H14ClNS/c1-10(16)11-6-8-12(9-7-11)17-14-5-3-2-4-13(14)15/h2-10H,16H2,1H3/t10-/m1/s1. The molecule has 0 aromatic heterocycles. The van der Waals surface area contributed by atoms with Gasteiger partial charge in [-0.1, -0.05) is 47.6 Å². The predicted molar refractivity (Wildman–Crippen MR) is 74.6 cm³/mol. The van der Waals surface area contributed by atoms with Crippen molar-refractivity contribution in [3.8, 4) is 0 Å². The molecule has 0 aliphatic carbocycles. The molecule has 0 bridgehead atoms. The molecule has 0 spiro atoms. The fraction of sp³-hybridized carbons (Fsp3) is 0.143. The molecule has 2 N–H and O–H groups in total. The quantitative estimate of drug-likeness (QED) is 0.882. The molecule has 3 heteroatoms. The topological polar surface area (TPSA) is 26.0 Å². The fourth-order valence-corrected chi connectivity index (χ4v) is 2.58. The molecule has 0 unspecified atom stereocenters. The Morgan fingerprint density at radius 3 is 2.29 bits per heavy atom. The summed E-state index contributed by atoms with van der Waals surface area (Å²) in [6.45, 7) is 1.98. The minimum absolute atomic E-state index is 0.0781. The van der Waals surface area contributed by atoms with E-state index in [0.29, 0.717) is 0 Å². The average molecular weight is 264 g/mol. The molecule has 0 radical (unpaired) electrons. The van der Waals surface area contributed by atoms with Crippen molar-refractivity contribution in [1.82, 2.24) is 0 Å². The van der Waals surface area contributed by atoms with Crippen LogP contribution in [0.4, 0.5) is 0 Å². The number of halogens is 1.